The Kier molecular flexibility index (Phi) is 8.18. The molecule has 0 saturated heterocycles. The van der Waals surface area contributed by atoms with E-state index in [1.54, 1.807) is 18.7 Å². The Balaban J connectivity index is 0.00000144. The summed E-state index contributed by atoms with van der Waals surface area (Å²) in [5, 5.41) is 2.98. The molecule has 0 aliphatic heterocycles. The van der Waals surface area contributed by atoms with E-state index in [-0.39, 0.29) is 36.8 Å². The average molecular weight is 372 g/mol. The second kappa shape index (κ2) is 9.61. The van der Waals surface area contributed by atoms with Crippen LogP contribution in [0.15, 0.2) is 37.1 Å². The average Bonchev–Trinajstić information content (AvgIpc) is 3.18. The zero-order chi connectivity index (χ0) is 15.4. The van der Waals surface area contributed by atoms with Gasteiger partial charge in [-0.1, -0.05) is 12.5 Å². The number of pyridine rings is 1. The van der Waals surface area contributed by atoms with E-state index in [4.69, 9.17) is 5.73 Å². The van der Waals surface area contributed by atoms with Crippen molar-refractivity contribution in [1.82, 2.24) is 19.9 Å². The van der Waals surface area contributed by atoms with Gasteiger partial charge in [-0.2, -0.15) is 0 Å². The van der Waals surface area contributed by atoms with E-state index in [0.717, 1.165) is 30.6 Å². The zero-order valence-electron chi connectivity index (χ0n) is 13.3. The normalized spacial score (nSPS) is 19.2. The maximum atomic E-state index is 12.1. The van der Waals surface area contributed by atoms with Gasteiger partial charge in [0.15, 0.2) is 0 Å². The van der Waals surface area contributed by atoms with E-state index < -0.39 is 0 Å². The SMILES string of the molecule is Cl.Cl.N[C@@H]1CCC[C@H]1CC(=O)NCc1cccnc1-n1ccnc1. The molecule has 0 radical (unpaired) electrons. The van der Waals surface area contributed by atoms with Crippen LogP contribution in [0.25, 0.3) is 5.82 Å². The summed E-state index contributed by atoms with van der Waals surface area (Å²) in [4.78, 5) is 20.5. The van der Waals surface area contributed by atoms with Gasteiger partial charge in [0.2, 0.25) is 5.91 Å². The number of hydrogen-bond acceptors (Lipinski definition) is 4. The number of aromatic nitrogens is 3. The molecular weight excluding hydrogens is 349 g/mol. The molecule has 1 fully saturated rings. The van der Waals surface area contributed by atoms with Crippen LogP contribution in [0.4, 0.5) is 0 Å². The first-order valence-corrected chi connectivity index (χ1v) is 7.68. The highest BCUT2D eigenvalue weighted by molar-refractivity contribution is 5.85. The minimum atomic E-state index is 0. The molecule has 0 spiro atoms. The lowest BCUT2D eigenvalue weighted by Crippen LogP contribution is -2.31. The summed E-state index contributed by atoms with van der Waals surface area (Å²) < 4.78 is 1.84. The highest BCUT2D eigenvalue weighted by Gasteiger charge is 2.25. The zero-order valence-corrected chi connectivity index (χ0v) is 14.9. The summed E-state index contributed by atoms with van der Waals surface area (Å²) >= 11 is 0. The summed E-state index contributed by atoms with van der Waals surface area (Å²) in [6.07, 6.45) is 10.7. The molecule has 132 valence electrons. The summed E-state index contributed by atoms with van der Waals surface area (Å²) in [6.45, 7) is 0.460. The lowest BCUT2D eigenvalue weighted by Gasteiger charge is -2.15. The van der Waals surface area contributed by atoms with Gasteiger partial charge in [-0.25, -0.2) is 9.97 Å². The van der Waals surface area contributed by atoms with Crippen LogP contribution in [0.3, 0.4) is 0 Å². The van der Waals surface area contributed by atoms with Gasteiger partial charge < -0.3 is 11.1 Å². The van der Waals surface area contributed by atoms with Gasteiger partial charge in [0.1, 0.15) is 12.1 Å². The molecule has 3 N–H and O–H groups in total. The fourth-order valence-corrected chi connectivity index (χ4v) is 3.01. The number of nitrogens with zero attached hydrogens (tertiary/aromatic N) is 3. The van der Waals surface area contributed by atoms with Crippen molar-refractivity contribution in [2.45, 2.75) is 38.3 Å². The second-order valence-corrected chi connectivity index (χ2v) is 5.79. The number of carbonyl (C=O) groups is 1. The van der Waals surface area contributed by atoms with E-state index in [9.17, 15) is 4.79 Å². The van der Waals surface area contributed by atoms with Crippen molar-refractivity contribution >= 4 is 30.7 Å². The third kappa shape index (κ3) is 4.93. The number of nitrogens with two attached hydrogens (primary N) is 1. The Morgan fingerprint density at radius 3 is 2.83 bits per heavy atom. The van der Waals surface area contributed by atoms with Crippen molar-refractivity contribution in [2.75, 3.05) is 0 Å². The topological polar surface area (TPSA) is 85.8 Å². The van der Waals surface area contributed by atoms with Crippen LogP contribution in [0.1, 0.15) is 31.2 Å². The molecule has 0 bridgehead atoms. The highest BCUT2D eigenvalue weighted by Crippen LogP contribution is 2.26. The van der Waals surface area contributed by atoms with Crippen LogP contribution < -0.4 is 11.1 Å². The summed E-state index contributed by atoms with van der Waals surface area (Å²) in [5.74, 6) is 1.17. The van der Waals surface area contributed by atoms with Crippen molar-refractivity contribution < 1.29 is 4.79 Å². The van der Waals surface area contributed by atoms with Gasteiger partial charge in [-0.15, -0.1) is 24.8 Å². The van der Waals surface area contributed by atoms with Crippen molar-refractivity contribution in [3.63, 3.8) is 0 Å². The van der Waals surface area contributed by atoms with Gasteiger partial charge >= 0.3 is 0 Å². The number of imidazole rings is 1. The molecule has 24 heavy (non-hydrogen) atoms. The fourth-order valence-electron chi connectivity index (χ4n) is 3.01. The molecule has 1 amide bonds. The first kappa shape index (κ1) is 20.4. The lowest BCUT2D eigenvalue weighted by molar-refractivity contribution is -0.122. The van der Waals surface area contributed by atoms with Crippen molar-refractivity contribution in [3.05, 3.63) is 42.6 Å². The molecule has 1 aliphatic rings. The fraction of sp³-hybridized carbons (Fsp3) is 0.438. The predicted molar refractivity (Wildman–Crippen MR) is 97.6 cm³/mol. The number of halogens is 2. The highest BCUT2D eigenvalue weighted by atomic mass is 35.5. The van der Waals surface area contributed by atoms with Crippen LogP contribution in [0.5, 0.6) is 0 Å². The number of rotatable bonds is 5. The summed E-state index contributed by atoms with van der Waals surface area (Å²) in [6, 6.07) is 4.00. The quantitative estimate of drug-likeness (QED) is 0.843. The Bertz CT molecular complexity index is 635. The van der Waals surface area contributed by atoms with Gasteiger partial charge in [-0.05, 0) is 24.8 Å². The van der Waals surface area contributed by atoms with Crippen molar-refractivity contribution in [1.29, 1.82) is 0 Å². The standard InChI is InChI=1S/C16H21N5O.2ClH/c17-14-5-1-3-12(14)9-15(22)20-10-13-4-2-6-19-16(13)21-8-7-18-11-21;;/h2,4,6-8,11-12,14H,1,3,5,9-10,17H2,(H,20,22);2*1H/t12-,14+;;/m0../s1. The lowest BCUT2D eigenvalue weighted by atomic mass is 10.00. The van der Waals surface area contributed by atoms with E-state index in [1.807, 2.05) is 22.9 Å². The van der Waals surface area contributed by atoms with E-state index in [0.29, 0.717) is 18.9 Å². The predicted octanol–water partition coefficient (Wildman–Crippen LogP) is 2.24. The number of amides is 1. The molecule has 6 nitrogen and oxygen atoms in total. The van der Waals surface area contributed by atoms with Gasteiger partial charge in [0.25, 0.3) is 0 Å². The molecule has 2 atom stereocenters. The van der Waals surface area contributed by atoms with Crippen LogP contribution >= 0.6 is 24.8 Å². The Hall–Kier alpha value is -1.63. The Labute approximate surface area is 154 Å². The number of hydrogen-bond donors (Lipinski definition) is 2. The molecule has 1 aliphatic carbocycles. The molecule has 0 aromatic carbocycles. The maximum absolute atomic E-state index is 12.1. The molecular formula is C16H23Cl2N5O. The first-order chi connectivity index (χ1) is 10.7. The molecule has 2 aromatic heterocycles. The van der Waals surface area contributed by atoms with Crippen LogP contribution in [0.2, 0.25) is 0 Å². The van der Waals surface area contributed by atoms with E-state index in [1.165, 1.54) is 0 Å². The molecule has 2 heterocycles. The molecule has 2 aromatic rings. The third-order valence-electron chi connectivity index (χ3n) is 4.26. The molecule has 1 saturated carbocycles. The first-order valence-electron chi connectivity index (χ1n) is 7.68. The van der Waals surface area contributed by atoms with E-state index >= 15 is 0 Å². The van der Waals surface area contributed by atoms with Gasteiger partial charge in [0, 0.05) is 43.2 Å². The maximum Gasteiger partial charge on any atom is 0.220 e. The largest absolute Gasteiger partial charge is 0.352 e. The minimum Gasteiger partial charge on any atom is -0.352 e. The monoisotopic (exact) mass is 371 g/mol. The van der Waals surface area contributed by atoms with Gasteiger partial charge in [-0.3, -0.25) is 9.36 Å². The number of nitrogens with one attached hydrogen (secondary N) is 1. The van der Waals surface area contributed by atoms with Gasteiger partial charge in [0.05, 0.1) is 0 Å². The third-order valence-corrected chi connectivity index (χ3v) is 4.26. The minimum absolute atomic E-state index is 0. The van der Waals surface area contributed by atoms with Crippen LogP contribution in [-0.4, -0.2) is 26.5 Å². The van der Waals surface area contributed by atoms with Crippen LogP contribution in [0, 0.1) is 5.92 Å². The Morgan fingerprint density at radius 2 is 2.17 bits per heavy atom. The molecule has 8 heteroatoms. The summed E-state index contributed by atoms with van der Waals surface area (Å²) in [5.41, 5.74) is 6.99. The summed E-state index contributed by atoms with van der Waals surface area (Å²) in [7, 11) is 0. The molecule has 3 rings (SSSR count). The van der Waals surface area contributed by atoms with E-state index in [2.05, 4.69) is 15.3 Å². The smallest absolute Gasteiger partial charge is 0.220 e. The van der Waals surface area contributed by atoms with Crippen molar-refractivity contribution in [2.24, 2.45) is 11.7 Å². The van der Waals surface area contributed by atoms with Crippen molar-refractivity contribution in [3.8, 4) is 5.82 Å². The Morgan fingerprint density at radius 1 is 1.33 bits per heavy atom. The van der Waals surface area contributed by atoms with Crippen LogP contribution in [-0.2, 0) is 11.3 Å². The number of carbonyl (C=O) groups excluding carboxylic acids is 1. The molecule has 0 unspecified atom stereocenters. The second-order valence-electron chi connectivity index (χ2n) is 5.79.